The summed E-state index contributed by atoms with van der Waals surface area (Å²) in [5.74, 6) is 2.10. The first-order valence-electron chi connectivity index (χ1n) is 8.03. The maximum atomic E-state index is 6.03. The minimum Gasteiger partial charge on any atom is -0.422 e. The molecular formula is C18H22Br3N3O. The molecule has 1 aromatic carbocycles. The molecule has 0 atom stereocenters. The van der Waals surface area contributed by atoms with Gasteiger partial charge in [-0.2, -0.15) is 9.97 Å². The zero-order chi connectivity index (χ0) is 19.0. The fourth-order valence-electron chi connectivity index (χ4n) is 1.92. The Bertz CT molecular complexity index is 763. The maximum Gasteiger partial charge on any atom is 0.325 e. The van der Waals surface area contributed by atoms with Crippen LogP contribution in [0.4, 0.5) is 0 Å². The maximum absolute atomic E-state index is 6.03. The molecule has 25 heavy (non-hydrogen) atoms. The first-order valence-corrected chi connectivity index (χ1v) is 10.4. The topological polar surface area (TPSA) is 47.9 Å². The van der Waals surface area contributed by atoms with E-state index in [2.05, 4.69) is 99.3 Å². The lowest BCUT2D eigenvalue weighted by atomic mass is 9.88. The average molecular weight is 536 g/mol. The fourth-order valence-corrected chi connectivity index (χ4v) is 4.34. The fraction of sp³-hybridized carbons (Fsp3) is 0.500. The number of ether oxygens (including phenoxy) is 1. The summed E-state index contributed by atoms with van der Waals surface area (Å²) in [6.45, 7) is 12.6. The summed E-state index contributed by atoms with van der Waals surface area (Å²) >= 11 is 10.5. The lowest BCUT2D eigenvalue weighted by Crippen LogP contribution is -2.25. The van der Waals surface area contributed by atoms with Crippen LogP contribution in [0.1, 0.15) is 59.6 Å². The molecule has 1 heterocycles. The Morgan fingerprint density at radius 2 is 1.40 bits per heavy atom. The van der Waals surface area contributed by atoms with Crippen molar-refractivity contribution >= 4 is 47.8 Å². The number of rotatable bonds is 4. The van der Waals surface area contributed by atoms with Gasteiger partial charge in [-0.05, 0) is 50.4 Å². The number of aromatic nitrogens is 3. The number of nitrogens with zero attached hydrogens (tertiary/aromatic N) is 3. The molecule has 0 unspecified atom stereocenters. The van der Waals surface area contributed by atoms with E-state index >= 15 is 0 Å². The molecule has 0 saturated heterocycles. The van der Waals surface area contributed by atoms with Gasteiger partial charge in [0.2, 0.25) is 0 Å². The number of halogens is 3. The first-order chi connectivity index (χ1) is 11.4. The van der Waals surface area contributed by atoms with Crippen molar-refractivity contribution in [2.24, 2.45) is 0 Å². The van der Waals surface area contributed by atoms with Crippen LogP contribution in [0.5, 0.6) is 11.8 Å². The van der Waals surface area contributed by atoms with E-state index in [4.69, 9.17) is 9.72 Å². The summed E-state index contributed by atoms with van der Waals surface area (Å²) in [5, 5.41) is 0. The summed E-state index contributed by atoms with van der Waals surface area (Å²) in [6.07, 6.45) is 0.922. The summed E-state index contributed by atoms with van der Waals surface area (Å²) in [7, 11) is 0. The van der Waals surface area contributed by atoms with Crippen molar-refractivity contribution < 1.29 is 4.74 Å². The predicted octanol–water partition coefficient (Wildman–Crippen LogP) is 6.94. The molecule has 0 bridgehead atoms. The SMILES string of the molecule is CCC(C)(C)c1nc(Oc2c(Br)cc(Br)cc2Br)nc(C(C)(C)C)n1. The zero-order valence-corrected chi connectivity index (χ0v) is 20.0. The molecular weight excluding hydrogens is 514 g/mol. The van der Waals surface area contributed by atoms with Crippen LogP contribution in [0.15, 0.2) is 25.6 Å². The molecule has 136 valence electrons. The third kappa shape index (κ3) is 5.01. The Kier molecular flexibility index (Phi) is 6.32. The first kappa shape index (κ1) is 20.8. The van der Waals surface area contributed by atoms with Gasteiger partial charge in [0.1, 0.15) is 11.6 Å². The quantitative estimate of drug-likeness (QED) is 0.425. The van der Waals surface area contributed by atoms with E-state index in [-0.39, 0.29) is 10.8 Å². The van der Waals surface area contributed by atoms with Gasteiger partial charge in [-0.15, -0.1) is 0 Å². The van der Waals surface area contributed by atoms with Crippen LogP contribution in [0, 0.1) is 0 Å². The van der Waals surface area contributed by atoms with Crippen LogP contribution >= 0.6 is 47.8 Å². The van der Waals surface area contributed by atoms with Gasteiger partial charge < -0.3 is 4.74 Å². The smallest absolute Gasteiger partial charge is 0.325 e. The van der Waals surface area contributed by atoms with Crippen molar-refractivity contribution in [1.29, 1.82) is 0 Å². The number of hydrogen-bond donors (Lipinski definition) is 0. The Morgan fingerprint density at radius 1 is 0.880 bits per heavy atom. The normalized spacial score (nSPS) is 12.4. The van der Waals surface area contributed by atoms with Crippen LogP contribution in [0.25, 0.3) is 0 Å². The highest BCUT2D eigenvalue weighted by atomic mass is 79.9. The Labute approximate surface area is 174 Å². The van der Waals surface area contributed by atoms with E-state index in [0.29, 0.717) is 11.8 Å². The molecule has 0 aliphatic carbocycles. The molecule has 0 aliphatic heterocycles. The Hall–Kier alpha value is -0.530. The Morgan fingerprint density at radius 3 is 1.88 bits per heavy atom. The van der Waals surface area contributed by atoms with Crippen molar-refractivity contribution in [2.75, 3.05) is 0 Å². The van der Waals surface area contributed by atoms with E-state index in [1.807, 2.05) is 12.1 Å². The third-order valence-corrected chi connectivity index (χ3v) is 5.57. The van der Waals surface area contributed by atoms with E-state index in [0.717, 1.165) is 31.5 Å². The van der Waals surface area contributed by atoms with Crippen molar-refractivity contribution in [1.82, 2.24) is 15.0 Å². The van der Waals surface area contributed by atoms with Crippen LogP contribution < -0.4 is 4.74 Å². The van der Waals surface area contributed by atoms with Gasteiger partial charge in [0.25, 0.3) is 0 Å². The number of hydrogen-bond acceptors (Lipinski definition) is 4. The minimum absolute atomic E-state index is 0.158. The highest BCUT2D eigenvalue weighted by molar-refractivity contribution is 9.11. The molecule has 4 nitrogen and oxygen atoms in total. The molecule has 0 N–H and O–H groups in total. The van der Waals surface area contributed by atoms with E-state index in [1.165, 1.54) is 0 Å². The lowest BCUT2D eigenvalue weighted by Gasteiger charge is -2.24. The highest BCUT2D eigenvalue weighted by Crippen LogP contribution is 2.39. The van der Waals surface area contributed by atoms with Crippen molar-refractivity contribution in [3.8, 4) is 11.8 Å². The standard InChI is InChI=1S/C18H22Br3N3O/c1-7-18(5,6)15-22-14(17(2,3)4)23-16(24-15)25-13-11(20)8-10(19)9-12(13)21/h8-9H,7H2,1-6H3. The molecule has 0 fully saturated rings. The largest absolute Gasteiger partial charge is 0.422 e. The monoisotopic (exact) mass is 533 g/mol. The summed E-state index contributed by atoms with van der Waals surface area (Å²) < 4.78 is 8.59. The second kappa shape index (κ2) is 7.61. The molecule has 0 amide bonds. The van der Waals surface area contributed by atoms with Gasteiger partial charge in [-0.1, -0.05) is 57.5 Å². The van der Waals surface area contributed by atoms with Crippen LogP contribution in [0.3, 0.4) is 0 Å². The molecule has 0 saturated carbocycles. The second-order valence-corrected chi connectivity index (χ2v) is 10.2. The summed E-state index contributed by atoms with van der Waals surface area (Å²) in [5.41, 5.74) is -0.358. The van der Waals surface area contributed by atoms with Gasteiger partial charge in [-0.3, -0.25) is 0 Å². The van der Waals surface area contributed by atoms with E-state index in [9.17, 15) is 0 Å². The Balaban J connectivity index is 2.56. The second-order valence-electron chi connectivity index (χ2n) is 7.55. The molecule has 2 aromatic rings. The third-order valence-electron chi connectivity index (χ3n) is 3.93. The average Bonchev–Trinajstić information content (AvgIpc) is 2.49. The van der Waals surface area contributed by atoms with Gasteiger partial charge >= 0.3 is 6.01 Å². The number of benzene rings is 1. The van der Waals surface area contributed by atoms with Crippen LogP contribution in [-0.2, 0) is 10.8 Å². The van der Waals surface area contributed by atoms with Crippen LogP contribution in [0.2, 0.25) is 0 Å². The van der Waals surface area contributed by atoms with E-state index < -0.39 is 0 Å². The summed E-state index contributed by atoms with van der Waals surface area (Å²) in [6, 6.07) is 4.14. The zero-order valence-electron chi connectivity index (χ0n) is 15.2. The van der Waals surface area contributed by atoms with Crippen molar-refractivity contribution in [2.45, 2.75) is 58.8 Å². The van der Waals surface area contributed by atoms with Gasteiger partial charge in [0.05, 0.1) is 8.95 Å². The molecule has 7 heteroatoms. The van der Waals surface area contributed by atoms with Gasteiger partial charge in [0, 0.05) is 15.3 Å². The molecule has 0 radical (unpaired) electrons. The molecule has 0 spiro atoms. The van der Waals surface area contributed by atoms with Crippen molar-refractivity contribution in [3.05, 3.63) is 37.2 Å². The van der Waals surface area contributed by atoms with Gasteiger partial charge in [-0.25, -0.2) is 4.98 Å². The molecule has 2 rings (SSSR count). The predicted molar refractivity (Wildman–Crippen MR) is 111 cm³/mol. The van der Waals surface area contributed by atoms with Gasteiger partial charge in [0.15, 0.2) is 5.75 Å². The van der Waals surface area contributed by atoms with E-state index in [1.54, 1.807) is 0 Å². The van der Waals surface area contributed by atoms with Crippen molar-refractivity contribution in [3.63, 3.8) is 0 Å². The minimum atomic E-state index is -0.201. The lowest BCUT2D eigenvalue weighted by molar-refractivity contribution is 0.391. The summed E-state index contributed by atoms with van der Waals surface area (Å²) in [4.78, 5) is 13.9. The molecule has 0 aliphatic rings. The van der Waals surface area contributed by atoms with Crippen LogP contribution in [-0.4, -0.2) is 15.0 Å². The highest BCUT2D eigenvalue weighted by Gasteiger charge is 2.28. The molecule has 1 aromatic heterocycles.